The van der Waals surface area contributed by atoms with Gasteiger partial charge in [-0.1, -0.05) is 0 Å². The van der Waals surface area contributed by atoms with Crippen molar-refractivity contribution in [2.24, 2.45) is 5.73 Å². The normalized spacial score (nSPS) is 10.9. The number of hydrogen-bond acceptors (Lipinski definition) is 3. The van der Waals surface area contributed by atoms with Crippen LogP contribution in [-0.4, -0.2) is 22.4 Å². The van der Waals surface area contributed by atoms with Crippen LogP contribution in [0.2, 0.25) is 0 Å². The molecule has 4 heteroatoms. The Morgan fingerprint density at radius 2 is 2.24 bits per heavy atom. The van der Waals surface area contributed by atoms with Crippen molar-refractivity contribution in [3.63, 3.8) is 0 Å². The van der Waals surface area contributed by atoms with Crippen LogP contribution in [0.4, 0.5) is 0 Å². The molecule has 17 heavy (non-hydrogen) atoms. The summed E-state index contributed by atoms with van der Waals surface area (Å²) in [6.07, 6.45) is 3.51. The fourth-order valence-corrected chi connectivity index (χ4v) is 1.92. The summed E-state index contributed by atoms with van der Waals surface area (Å²) in [6.45, 7) is 0.549. The molecule has 1 aromatic carbocycles. The van der Waals surface area contributed by atoms with Gasteiger partial charge in [0.15, 0.2) is 0 Å². The van der Waals surface area contributed by atoms with Crippen LogP contribution in [0.3, 0.4) is 0 Å². The van der Waals surface area contributed by atoms with Crippen molar-refractivity contribution in [2.75, 3.05) is 6.54 Å². The summed E-state index contributed by atoms with van der Waals surface area (Å²) in [5, 5.41) is 10.3. The number of fused-ring (bicyclic) bond motifs is 1. The monoisotopic (exact) mass is 232 g/mol. The molecule has 2 aromatic rings. The number of Topliss-reactive ketones (excluding diaryl/α,β-unsaturated/α-hetero) is 1. The van der Waals surface area contributed by atoms with E-state index in [0.717, 1.165) is 22.9 Å². The SMILES string of the molecule is NCCCC(=O)Cc1c[nH]c2cc(O)ccc12. The Kier molecular flexibility index (Phi) is 3.44. The highest BCUT2D eigenvalue weighted by atomic mass is 16.3. The second-order valence-electron chi connectivity index (χ2n) is 4.15. The number of ketones is 1. The van der Waals surface area contributed by atoms with Gasteiger partial charge in [0.1, 0.15) is 11.5 Å². The number of rotatable bonds is 5. The summed E-state index contributed by atoms with van der Waals surface area (Å²) >= 11 is 0. The van der Waals surface area contributed by atoms with Crippen molar-refractivity contribution in [2.45, 2.75) is 19.3 Å². The second-order valence-corrected chi connectivity index (χ2v) is 4.15. The van der Waals surface area contributed by atoms with Crippen LogP contribution in [0.1, 0.15) is 18.4 Å². The smallest absolute Gasteiger partial charge is 0.137 e. The molecule has 0 atom stereocenters. The lowest BCUT2D eigenvalue weighted by atomic mass is 10.0. The molecule has 90 valence electrons. The Morgan fingerprint density at radius 3 is 3.00 bits per heavy atom. The number of nitrogens with two attached hydrogens (primary N) is 1. The molecule has 0 saturated carbocycles. The van der Waals surface area contributed by atoms with Crippen LogP contribution in [0, 0.1) is 0 Å². The molecule has 0 radical (unpaired) electrons. The first kappa shape index (κ1) is 11.7. The maximum absolute atomic E-state index is 11.7. The molecule has 0 aliphatic carbocycles. The summed E-state index contributed by atoms with van der Waals surface area (Å²) in [4.78, 5) is 14.7. The zero-order valence-corrected chi connectivity index (χ0v) is 9.57. The van der Waals surface area contributed by atoms with Gasteiger partial charge >= 0.3 is 0 Å². The average Bonchev–Trinajstić information content (AvgIpc) is 2.69. The summed E-state index contributed by atoms with van der Waals surface area (Å²) in [7, 11) is 0. The first-order valence-electron chi connectivity index (χ1n) is 5.71. The molecule has 1 heterocycles. The van der Waals surface area contributed by atoms with Gasteiger partial charge < -0.3 is 15.8 Å². The number of carbonyl (C=O) groups is 1. The molecule has 4 nitrogen and oxygen atoms in total. The highest BCUT2D eigenvalue weighted by Crippen LogP contribution is 2.23. The molecular formula is C13H16N2O2. The number of aromatic amines is 1. The van der Waals surface area contributed by atoms with Crippen LogP contribution < -0.4 is 5.73 Å². The van der Waals surface area contributed by atoms with Gasteiger partial charge in [-0.15, -0.1) is 0 Å². The predicted octanol–water partition coefficient (Wildman–Crippen LogP) is 1.72. The van der Waals surface area contributed by atoms with E-state index in [9.17, 15) is 9.90 Å². The first-order chi connectivity index (χ1) is 8.20. The number of aromatic nitrogens is 1. The Labute approximate surface area is 99.4 Å². The minimum absolute atomic E-state index is 0.199. The number of aromatic hydroxyl groups is 1. The number of phenolic OH excluding ortho intramolecular Hbond substituents is 1. The highest BCUT2D eigenvalue weighted by molar-refractivity contribution is 5.90. The number of benzene rings is 1. The van der Waals surface area contributed by atoms with Crippen molar-refractivity contribution in [3.8, 4) is 5.75 Å². The minimum Gasteiger partial charge on any atom is -0.508 e. The third kappa shape index (κ3) is 2.65. The van der Waals surface area contributed by atoms with E-state index in [4.69, 9.17) is 5.73 Å². The highest BCUT2D eigenvalue weighted by Gasteiger charge is 2.08. The van der Waals surface area contributed by atoms with Crippen LogP contribution >= 0.6 is 0 Å². The molecule has 4 N–H and O–H groups in total. The lowest BCUT2D eigenvalue weighted by Crippen LogP contribution is -2.06. The third-order valence-corrected chi connectivity index (χ3v) is 2.80. The number of phenols is 1. The average molecular weight is 232 g/mol. The number of H-pyrrole nitrogens is 1. The van der Waals surface area contributed by atoms with Gasteiger partial charge in [-0.3, -0.25) is 4.79 Å². The van der Waals surface area contributed by atoms with E-state index >= 15 is 0 Å². The molecule has 0 aliphatic heterocycles. The molecule has 0 fully saturated rings. The van der Waals surface area contributed by atoms with Gasteiger partial charge in [-0.2, -0.15) is 0 Å². The van der Waals surface area contributed by atoms with Crippen molar-refractivity contribution in [3.05, 3.63) is 30.0 Å². The molecule has 0 amide bonds. The maximum atomic E-state index is 11.7. The summed E-state index contributed by atoms with van der Waals surface area (Å²) < 4.78 is 0. The molecule has 1 aromatic heterocycles. The fourth-order valence-electron chi connectivity index (χ4n) is 1.92. The quantitative estimate of drug-likeness (QED) is 0.734. The molecule has 0 aliphatic rings. The molecule has 0 unspecified atom stereocenters. The van der Waals surface area contributed by atoms with E-state index in [-0.39, 0.29) is 11.5 Å². The molecular weight excluding hydrogens is 216 g/mol. The molecule has 2 rings (SSSR count). The Hall–Kier alpha value is -1.81. The van der Waals surface area contributed by atoms with Crippen LogP contribution in [0.15, 0.2) is 24.4 Å². The largest absolute Gasteiger partial charge is 0.508 e. The van der Waals surface area contributed by atoms with E-state index in [1.54, 1.807) is 12.1 Å². The summed E-state index contributed by atoms with van der Waals surface area (Å²) in [5.74, 6) is 0.421. The van der Waals surface area contributed by atoms with Crippen molar-refractivity contribution in [1.29, 1.82) is 0 Å². The lowest BCUT2D eigenvalue weighted by molar-refractivity contribution is -0.118. The summed E-state index contributed by atoms with van der Waals surface area (Å²) in [6, 6.07) is 5.11. The van der Waals surface area contributed by atoms with E-state index in [0.29, 0.717) is 19.4 Å². The van der Waals surface area contributed by atoms with Gasteiger partial charge in [-0.25, -0.2) is 0 Å². The van der Waals surface area contributed by atoms with Gasteiger partial charge in [0.05, 0.1) is 0 Å². The van der Waals surface area contributed by atoms with Crippen LogP contribution in [-0.2, 0) is 11.2 Å². The second kappa shape index (κ2) is 5.01. The molecule has 0 spiro atoms. The van der Waals surface area contributed by atoms with Crippen molar-refractivity contribution in [1.82, 2.24) is 4.98 Å². The molecule has 0 saturated heterocycles. The molecule has 0 bridgehead atoms. The number of hydrogen-bond donors (Lipinski definition) is 3. The zero-order valence-electron chi connectivity index (χ0n) is 9.57. The third-order valence-electron chi connectivity index (χ3n) is 2.80. The number of nitrogens with one attached hydrogen (secondary N) is 1. The van der Waals surface area contributed by atoms with Gasteiger partial charge in [0.2, 0.25) is 0 Å². The topological polar surface area (TPSA) is 79.1 Å². The zero-order chi connectivity index (χ0) is 12.3. The Balaban J connectivity index is 2.16. The Morgan fingerprint density at radius 1 is 1.41 bits per heavy atom. The summed E-state index contributed by atoms with van der Waals surface area (Å²) in [5.41, 5.74) is 7.20. The first-order valence-corrected chi connectivity index (χ1v) is 5.71. The fraction of sp³-hybridized carbons (Fsp3) is 0.308. The number of carbonyl (C=O) groups excluding carboxylic acids is 1. The van der Waals surface area contributed by atoms with E-state index < -0.39 is 0 Å². The van der Waals surface area contributed by atoms with Gasteiger partial charge in [-0.05, 0) is 30.7 Å². The Bertz CT molecular complexity index is 531. The van der Waals surface area contributed by atoms with Gasteiger partial charge in [0.25, 0.3) is 0 Å². The van der Waals surface area contributed by atoms with E-state index in [2.05, 4.69) is 4.98 Å². The van der Waals surface area contributed by atoms with Crippen LogP contribution in [0.25, 0.3) is 10.9 Å². The minimum atomic E-state index is 0.199. The lowest BCUT2D eigenvalue weighted by Gasteiger charge is -1.99. The standard InChI is InChI=1S/C13H16N2O2/c14-5-1-2-10(16)6-9-8-15-13-7-11(17)3-4-12(9)13/h3-4,7-8,15,17H,1-2,5-6,14H2. The van der Waals surface area contributed by atoms with Crippen molar-refractivity contribution < 1.29 is 9.90 Å². The van der Waals surface area contributed by atoms with E-state index in [1.807, 2.05) is 12.3 Å². The van der Waals surface area contributed by atoms with Gasteiger partial charge in [0, 0.05) is 36.0 Å². The van der Waals surface area contributed by atoms with E-state index in [1.165, 1.54) is 0 Å². The van der Waals surface area contributed by atoms with Crippen LogP contribution in [0.5, 0.6) is 5.75 Å². The predicted molar refractivity (Wildman–Crippen MR) is 67.0 cm³/mol. The van der Waals surface area contributed by atoms with Crippen molar-refractivity contribution >= 4 is 16.7 Å². The maximum Gasteiger partial charge on any atom is 0.137 e.